The first-order valence-corrected chi connectivity index (χ1v) is 10.6. The van der Waals surface area contributed by atoms with Crippen LogP contribution in [0.2, 0.25) is 5.02 Å². The Hall–Kier alpha value is -2.08. The summed E-state index contributed by atoms with van der Waals surface area (Å²) in [7, 11) is 0. The van der Waals surface area contributed by atoms with Crippen LogP contribution in [-0.4, -0.2) is 61.6 Å². The highest BCUT2D eigenvalue weighted by Gasteiger charge is 2.19. The molecule has 0 atom stereocenters. The molecule has 0 bridgehead atoms. The standard InChI is InChI=1S/C23H30ClN3O2/c1-3-19-6-4-5-18(2)23(19)25-22(28)17-27-13-11-26(12-14-27)15-16-29-21-9-7-20(24)8-10-21/h4-10H,3,11-17H2,1-2H3,(H,25,28). The van der Waals surface area contributed by atoms with E-state index in [0.717, 1.165) is 56.1 Å². The average Bonchev–Trinajstić information content (AvgIpc) is 2.72. The van der Waals surface area contributed by atoms with Crippen molar-refractivity contribution in [3.8, 4) is 5.75 Å². The van der Waals surface area contributed by atoms with Gasteiger partial charge in [0.25, 0.3) is 0 Å². The molecule has 1 heterocycles. The van der Waals surface area contributed by atoms with Crippen LogP contribution < -0.4 is 10.1 Å². The summed E-state index contributed by atoms with van der Waals surface area (Å²) in [6.45, 7) is 9.79. The molecule has 156 valence electrons. The summed E-state index contributed by atoms with van der Waals surface area (Å²) in [6, 6.07) is 13.6. The van der Waals surface area contributed by atoms with Crippen molar-refractivity contribution < 1.29 is 9.53 Å². The molecular weight excluding hydrogens is 386 g/mol. The van der Waals surface area contributed by atoms with E-state index in [9.17, 15) is 4.79 Å². The number of carbonyl (C=O) groups is 1. The molecule has 6 heteroatoms. The van der Waals surface area contributed by atoms with Crippen LogP contribution in [0.3, 0.4) is 0 Å². The normalized spacial score (nSPS) is 15.3. The van der Waals surface area contributed by atoms with E-state index >= 15 is 0 Å². The van der Waals surface area contributed by atoms with Crippen LogP contribution in [0.1, 0.15) is 18.1 Å². The molecular formula is C23H30ClN3O2. The van der Waals surface area contributed by atoms with Crippen molar-refractivity contribution in [3.05, 3.63) is 58.6 Å². The Morgan fingerprint density at radius 2 is 1.76 bits per heavy atom. The SMILES string of the molecule is CCc1cccc(C)c1NC(=O)CN1CCN(CCOc2ccc(Cl)cc2)CC1. The second kappa shape index (κ2) is 10.6. The van der Waals surface area contributed by atoms with E-state index in [2.05, 4.69) is 28.1 Å². The summed E-state index contributed by atoms with van der Waals surface area (Å²) in [4.78, 5) is 17.1. The zero-order valence-electron chi connectivity index (χ0n) is 17.3. The summed E-state index contributed by atoms with van der Waals surface area (Å²) in [6.07, 6.45) is 0.911. The maximum Gasteiger partial charge on any atom is 0.238 e. The molecule has 2 aromatic carbocycles. The molecule has 0 saturated carbocycles. The topological polar surface area (TPSA) is 44.8 Å². The molecule has 29 heavy (non-hydrogen) atoms. The van der Waals surface area contributed by atoms with Gasteiger partial charge in [0.2, 0.25) is 5.91 Å². The number of nitrogens with zero attached hydrogens (tertiary/aromatic N) is 2. The van der Waals surface area contributed by atoms with Crippen LogP contribution in [0.5, 0.6) is 5.75 Å². The summed E-state index contributed by atoms with van der Waals surface area (Å²) in [5.74, 6) is 0.904. The third-order valence-electron chi connectivity index (χ3n) is 5.33. The molecule has 1 aliphatic heterocycles. The quantitative estimate of drug-likeness (QED) is 0.711. The largest absolute Gasteiger partial charge is 0.492 e. The number of rotatable bonds is 8. The van der Waals surface area contributed by atoms with Gasteiger partial charge in [-0.1, -0.05) is 36.7 Å². The van der Waals surface area contributed by atoms with E-state index in [-0.39, 0.29) is 5.91 Å². The second-order valence-corrected chi connectivity index (χ2v) is 7.87. The first kappa shape index (κ1) is 21.6. The van der Waals surface area contributed by atoms with Crippen molar-refractivity contribution in [1.29, 1.82) is 0 Å². The number of ether oxygens (including phenoxy) is 1. The highest BCUT2D eigenvalue weighted by atomic mass is 35.5. The van der Waals surface area contributed by atoms with Crippen LogP contribution in [0.25, 0.3) is 0 Å². The van der Waals surface area contributed by atoms with Gasteiger partial charge in [-0.2, -0.15) is 0 Å². The lowest BCUT2D eigenvalue weighted by molar-refractivity contribution is -0.117. The molecule has 1 N–H and O–H groups in total. The zero-order valence-corrected chi connectivity index (χ0v) is 18.0. The summed E-state index contributed by atoms with van der Waals surface area (Å²) in [5, 5.41) is 3.83. The Morgan fingerprint density at radius 3 is 2.45 bits per heavy atom. The van der Waals surface area contributed by atoms with Crippen molar-refractivity contribution in [1.82, 2.24) is 9.80 Å². The van der Waals surface area contributed by atoms with Crippen LogP contribution >= 0.6 is 11.6 Å². The fourth-order valence-electron chi connectivity index (χ4n) is 3.58. The van der Waals surface area contributed by atoms with Gasteiger partial charge >= 0.3 is 0 Å². The first-order chi connectivity index (χ1) is 14.0. The monoisotopic (exact) mass is 415 g/mol. The number of piperazine rings is 1. The van der Waals surface area contributed by atoms with Crippen LogP contribution in [0.15, 0.2) is 42.5 Å². The van der Waals surface area contributed by atoms with Gasteiger partial charge in [0.1, 0.15) is 12.4 Å². The van der Waals surface area contributed by atoms with E-state index in [1.807, 2.05) is 43.3 Å². The van der Waals surface area contributed by atoms with Gasteiger partial charge < -0.3 is 10.1 Å². The highest BCUT2D eigenvalue weighted by Crippen LogP contribution is 2.21. The van der Waals surface area contributed by atoms with E-state index in [1.165, 1.54) is 5.56 Å². The molecule has 1 amide bonds. The molecule has 1 aliphatic rings. The van der Waals surface area contributed by atoms with Gasteiger partial charge in [-0.25, -0.2) is 0 Å². The molecule has 0 unspecified atom stereocenters. The van der Waals surface area contributed by atoms with E-state index < -0.39 is 0 Å². The summed E-state index contributed by atoms with van der Waals surface area (Å²) in [5.41, 5.74) is 3.27. The van der Waals surface area contributed by atoms with Crippen molar-refractivity contribution in [2.24, 2.45) is 0 Å². The predicted octanol–water partition coefficient (Wildman–Crippen LogP) is 3.85. The lowest BCUT2D eigenvalue weighted by Crippen LogP contribution is -2.49. The van der Waals surface area contributed by atoms with E-state index in [1.54, 1.807) is 0 Å². The van der Waals surface area contributed by atoms with Crippen LogP contribution in [0, 0.1) is 6.92 Å². The second-order valence-electron chi connectivity index (χ2n) is 7.43. The number of hydrogen-bond acceptors (Lipinski definition) is 4. The van der Waals surface area contributed by atoms with Gasteiger partial charge in [0, 0.05) is 43.4 Å². The Labute approximate surface area is 178 Å². The number of carbonyl (C=O) groups excluding carboxylic acids is 1. The van der Waals surface area contributed by atoms with Crippen molar-refractivity contribution in [3.63, 3.8) is 0 Å². The molecule has 1 fully saturated rings. The fourth-order valence-corrected chi connectivity index (χ4v) is 3.70. The van der Waals surface area contributed by atoms with Crippen LogP contribution in [0.4, 0.5) is 5.69 Å². The number of benzene rings is 2. The van der Waals surface area contributed by atoms with Gasteiger partial charge in [0.15, 0.2) is 0 Å². The third kappa shape index (κ3) is 6.46. The summed E-state index contributed by atoms with van der Waals surface area (Å²) >= 11 is 5.89. The number of aryl methyl sites for hydroxylation is 2. The van der Waals surface area contributed by atoms with Gasteiger partial charge in [-0.05, 0) is 48.7 Å². The average molecular weight is 416 g/mol. The molecule has 0 spiro atoms. The van der Waals surface area contributed by atoms with Gasteiger partial charge in [0.05, 0.1) is 6.54 Å². The zero-order chi connectivity index (χ0) is 20.6. The highest BCUT2D eigenvalue weighted by molar-refractivity contribution is 6.30. The Kier molecular flexibility index (Phi) is 7.92. The number of halogens is 1. The van der Waals surface area contributed by atoms with Gasteiger partial charge in [-0.3, -0.25) is 14.6 Å². The van der Waals surface area contributed by atoms with Crippen molar-refractivity contribution in [2.45, 2.75) is 20.3 Å². The van der Waals surface area contributed by atoms with Crippen molar-refractivity contribution in [2.75, 3.05) is 51.2 Å². The fraction of sp³-hybridized carbons (Fsp3) is 0.435. The maximum atomic E-state index is 12.5. The molecule has 1 saturated heterocycles. The lowest BCUT2D eigenvalue weighted by Gasteiger charge is -2.34. The third-order valence-corrected chi connectivity index (χ3v) is 5.58. The molecule has 0 aromatic heterocycles. The number of anilines is 1. The molecule has 3 rings (SSSR count). The Morgan fingerprint density at radius 1 is 1.07 bits per heavy atom. The summed E-state index contributed by atoms with van der Waals surface area (Å²) < 4.78 is 5.78. The van der Waals surface area contributed by atoms with E-state index in [0.29, 0.717) is 18.2 Å². The minimum absolute atomic E-state index is 0.0634. The Bertz CT molecular complexity index is 802. The number of para-hydroxylation sites is 1. The van der Waals surface area contributed by atoms with E-state index in [4.69, 9.17) is 16.3 Å². The Balaban J connectivity index is 1.38. The lowest BCUT2D eigenvalue weighted by atomic mass is 10.1. The molecule has 2 aromatic rings. The first-order valence-electron chi connectivity index (χ1n) is 10.3. The predicted molar refractivity (Wildman–Crippen MR) is 119 cm³/mol. The smallest absolute Gasteiger partial charge is 0.238 e. The number of amides is 1. The van der Waals surface area contributed by atoms with Crippen molar-refractivity contribution >= 4 is 23.2 Å². The van der Waals surface area contributed by atoms with Crippen LogP contribution in [-0.2, 0) is 11.2 Å². The minimum atomic E-state index is 0.0634. The minimum Gasteiger partial charge on any atom is -0.492 e. The maximum absolute atomic E-state index is 12.5. The molecule has 5 nitrogen and oxygen atoms in total. The number of hydrogen-bond donors (Lipinski definition) is 1. The van der Waals surface area contributed by atoms with Gasteiger partial charge in [-0.15, -0.1) is 0 Å². The number of nitrogens with one attached hydrogen (secondary N) is 1. The molecule has 0 aliphatic carbocycles. The molecule has 0 radical (unpaired) electrons.